The zero-order valence-electron chi connectivity index (χ0n) is 26.7. The molecule has 232 valence electrons. The van der Waals surface area contributed by atoms with E-state index in [1.165, 1.54) is 0 Å². The van der Waals surface area contributed by atoms with Crippen molar-refractivity contribution in [1.29, 1.82) is 0 Å². The molecule has 0 spiro atoms. The number of aliphatic hydroxyl groups is 1. The highest BCUT2D eigenvalue weighted by Gasteiger charge is 2.51. The minimum Gasteiger partial charge on any atom is -0.463 e. The normalized spacial score (nSPS) is 41.5. The van der Waals surface area contributed by atoms with Gasteiger partial charge in [-0.1, -0.05) is 13.8 Å². The second-order valence-electron chi connectivity index (χ2n) is 13.8. The number of Topliss-reactive ketones (excluding diaryl/α,β-unsaturated/α-hetero) is 1. The van der Waals surface area contributed by atoms with Crippen LogP contribution in [0, 0.1) is 23.2 Å². The molecule has 0 unspecified atom stereocenters. The monoisotopic (exact) mass is 569 g/mol. The van der Waals surface area contributed by atoms with Crippen LogP contribution in [0.5, 0.6) is 0 Å². The van der Waals surface area contributed by atoms with Crippen LogP contribution in [-0.4, -0.2) is 135 Å². The molecule has 3 rings (SSSR count). The van der Waals surface area contributed by atoms with Gasteiger partial charge in [0.05, 0.1) is 17.8 Å². The van der Waals surface area contributed by atoms with Crippen LogP contribution < -0.4 is 0 Å². The fourth-order valence-corrected chi connectivity index (χ4v) is 7.05. The Morgan fingerprint density at radius 1 is 1.05 bits per heavy atom. The summed E-state index contributed by atoms with van der Waals surface area (Å²) in [6, 6.07) is -0.104. The molecule has 0 amide bonds. The highest BCUT2D eigenvalue weighted by molar-refractivity contribution is 6.04. The fourth-order valence-electron chi connectivity index (χ4n) is 7.05. The number of carbonyl (C=O) groups excluding carboxylic acids is 2. The van der Waals surface area contributed by atoms with Crippen molar-refractivity contribution >= 4 is 11.8 Å². The van der Waals surface area contributed by atoms with Crippen molar-refractivity contribution in [1.82, 2.24) is 14.7 Å². The van der Waals surface area contributed by atoms with E-state index < -0.39 is 41.4 Å². The minimum atomic E-state index is -1.39. The van der Waals surface area contributed by atoms with Gasteiger partial charge in [0.1, 0.15) is 18.1 Å². The number of nitrogens with zero attached hydrogens (tertiary/aromatic N) is 3. The second kappa shape index (κ2) is 13.0. The maximum Gasteiger partial charge on any atom is 0.319 e. The molecule has 3 saturated heterocycles. The average molecular weight is 570 g/mol. The summed E-state index contributed by atoms with van der Waals surface area (Å²) in [5, 5.41) is 11.2. The third-order valence-corrected chi connectivity index (χ3v) is 9.56. The van der Waals surface area contributed by atoms with Crippen molar-refractivity contribution in [3.05, 3.63) is 0 Å². The first-order valence-electron chi connectivity index (χ1n) is 14.8. The molecule has 0 saturated carbocycles. The van der Waals surface area contributed by atoms with Gasteiger partial charge in [-0.15, -0.1) is 0 Å². The highest BCUT2D eigenvalue weighted by Crippen LogP contribution is 2.38. The van der Waals surface area contributed by atoms with Crippen LogP contribution in [0.3, 0.4) is 0 Å². The smallest absolute Gasteiger partial charge is 0.319 e. The third kappa shape index (κ3) is 7.07. The van der Waals surface area contributed by atoms with E-state index in [2.05, 4.69) is 30.8 Å². The van der Waals surface area contributed by atoms with Crippen LogP contribution >= 0.6 is 0 Å². The quantitative estimate of drug-likeness (QED) is 0.390. The van der Waals surface area contributed by atoms with Crippen LogP contribution in [0.2, 0.25) is 0 Å². The number of hydrogen-bond acceptors (Lipinski definition) is 10. The lowest BCUT2D eigenvalue weighted by Crippen LogP contribution is -2.59. The number of ketones is 1. The molecule has 10 nitrogen and oxygen atoms in total. The lowest BCUT2D eigenvalue weighted by atomic mass is 9.74. The molecule has 0 bridgehead atoms. The predicted molar refractivity (Wildman–Crippen MR) is 153 cm³/mol. The van der Waals surface area contributed by atoms with Gasteiger partial charge in [0, 0.05) is 50.7 Å². The van der Waals surface area contributed by atoms with E-state index in [1.54, 1.807) is 27.9 Å². The summed E-state index contributed by atoms with van der Waals surface area (Å²) in [7, 11) is 9.66. The molecule has 3 aliphatic heterocycles. The summed E-state index contributed by atoms with van der Waals surface area (Å²) in [5.74, 6) is -0.984. The van der Waals surface area contributed by atoms with Gasteiger partial charge in [-0.05, 0) is 74.6 Å². The first kappa shape index (κ1) is 33.4. The number of esters is 1. The zero-order valence-corrected chi connectivity index (χ0v) is 26.7. The second-order valence-corrected chi connectivity index (χ2v) is 13.8. The van der Waals surface area contributed by atoms with Crippen molar-refractivity contribution in [3.63, 3.8) is 0 Å². The Labute approximate surface area is 241 Å². The number of likely N-dealkylation sites (tertiary alicyclic amines) is 1. The molecule has 0 radical (unpaired) electrons. The summed E-state index contributed by atoms with van der Waals surface area (Å²) in [6.45, 7) is 14.0. The van der Waals surface area contributed by atoms with Gasteiger partial charge in [-0.2, -0.15) is 0 Å². The molecule has 0 aromatic heterocycles. The van der Waals surface area contributed by atoms with Gasteiger partial charge >= 0.3 is 5.97 Å². The number of carbonyl (C=O) groups is 2. The van der Waals surface area contributed by atoms with Gasteiger partial charge in [0.2, 0.25) is 0 Å². The minimum absolute atomic E-state index is 0.0581. The SMILES string of the molecule is CO[C@]1(C)C[C@@H](C)CN(C)[C@@H](C2CN(C)C2)COC(=O)C(C)(C)C(=O)[C@H](C)[C@H]1O[C@@H]1O[C@H](C)C[C@H](N(C)C)[C@H]1O. The summed E-state index contributed by atoms with van der Waals surface area (Å²) in [4.78, 5) is 34.0. The van der Waals surface area contributed by atoms with Crippen LogP contribution in [0.25, 0.3) is 0 Å². The Balaban J connectivity index is 1.98. The largest absolute Gasteiger partial charge is 0.463 e. The van der Waals surface area contributed by atoms with E-state index in [-0.39, 0.29) is 36.5 Å². The lowest BCUT2D eigenvalue weighted by Gasteiger charge is -2.47. The van der Waals surface area contributed by atoms with Crippen LogP contribution in [-0.2, 0) is 28.5 Å². The Kier molecular flexibility index (Phi) is 10.9. The summed E-state index contributed by atoms with van der Waals surface area (Å²) < 4.78 is 24.8. The Morgan fingerprint density at radius 3 is 2.23 bits per heavy atom. The number of rotatable bonds is 5. The van der Waals surface area contributed by atoms with Gasteiger partial charge in [-0.3, -0.25) is 14.5 Å². The van der Waals surface area contributed by atoms with Crippen LogP contribution in [0.1, 0.15) is 54.4 Å². The first-order valence-corrected chi connectivity index (χ1v) is 14.8. The van der Waals surface area contributed by atoms with E-state index in [4.69, 9.17) is 18.9 Å². The van der Waals surface area contributed by atoms with Crippen molar-refractivity contribution < 1.29 is 33.6 Å². The molecule has 3 aliphatic rings. The van der Waals surface area contributed by atoms with Crippen LogP contribution in [0.4, 0.5) is 0 Å². The summed E-state index contributed by atoms with van der Waals surface area (Å²) in [6.07, 6.45) is -1.52. The Morgan fingerprint density at radius 2 is 1.68 bits per heavy atom. The summed E-state index contributed by atoms with van der Waals surface area (Å²) in [5.41, 5.74) is -2.28. The van der Waals surface area contributed by atoms with Gasteiger partial charge in [0.15, 0.2) is 12.1 Å². The Hall–Kier alpha value is -1.14. The number of likely N-dealkylation sites (N-methyl/N-ethyl adjacent to an activating group) is 2. The van der Waals surface area contributed by atoms with E-state index in [9.17, 15) is 14.7 Å². The number of methoxy groups -OCH3 is 1. The maximum absolute atomic E-state index is 14.1. The average Bonchev–Trinajstić information content (AvgIpc) is 2.85. The standard InChI is InChI=1S/C30H55N3O7/c1-18-13-30(6,37-11)26(40-27-24(34)22(31(7)8)12-19(2)39-27)20(3)25(35)29(4,5)28(36)38-17-23(33(10)14-18)21-15-32(9)16-21/h18-24,26-27,34H,12-17H2,1-11H3/t18-,19-,20+,22+,23-,24-,26-,27+,30-/m1/s1. The lowest BCUT2D eigenvalue weighted by molar-refractivity contribution is -0.295. The van der Waals surface area contributed by atoms with Crippen molar-refractivity contribution in [3.8, 4) is 0 Å². The molecule has 3 fully saturated rings. The number of cyclic esters (lactones) is 1. The van der Waals surface area contributed by atoms with E-state index >= 15 is 0 Å². The molecule has 9 atom stereocenters. The molecule has 1 N–H and O–H groups in total. The molecule has 0 aromatic rings. The molecule has 0 aromatic carbocycles. The molecule has 3 heterocycles. The highest BCUT2D eigenvalue weighted by atomic mass is 16.7. The molecule has 40 heavy (non-hydrogen) atoms. The van der Waals surface area contributed by atoms with Crippen LogP contribution in [0.15, 0.2) is 0 Å². The van der Waals surface area contributed by atoms with E-state index in [1.807, 2.05) is 32.8 Å². The van der Waals surface area contributed by atoms with Crippen molar-refractivity contribution in [2.24, 2.45) is 23.2 Å². The fraction of sp³-hybridized carbons (Fsp3) is 0.933. The van der Waals surface area contributed by atoms with Gasteiger partial charge < -0.3 is 33.9 Å². The number of hydrogen-bond donors (Lipinski definition) is 1. The third-order valence-electron chi connectivity index (χ3n) is 9.56. The topological polar surface area (TPSA) is 101 Å². The molecular formula is C30H55N3O7. The summed E-state index contributed by atoms with van der Waals surface area (Å²) >= 11 is 0. The molecule has 0 aliphatic carbocycles. The van der Waals surface area contributed by atoms with E-state index in [0.717, 1.165) is 19.6 Å². The molecule has 10 heteroatoms. The van der Waals surface area contributed by atoms with Crippen molar-refractivity contribution in [2.75, 3.05) is 61.5 Å². The number of ether oxygens (including phenoxy) is 4. The number of aliphatic hydroxyl groups excluding tert-OH is 1. The van der Waals surface area contributed by atoms with Crippen molar-refractivity contribution in [2.45, 2.75) is 96.7 Å². The Bertz CT molecular complexity index is 879. The maximum atomic E-state index is 14.1. The molecular weight excluding hydrogens is 514 g/mol. The predicted octanol–water partition coefficient (Wildman–Crippen LogP) is 1.88. The van der Waals surface area contributed by atoms with E-state index in [0.29, 0.717) is 18.8 Å². The zero-order chi connectivity index (χ0) is 30.2. The first-order chi connectivity index (χ1) is 18.5. The van der Waals surface area contributed by atoms with Gasteiger partial charge in [-0.25, -0.2) is 0 Å². The van der Waals surface area contributed by atoms with Gasteiger partial charge in [0.25, 0.3) is 0 Å².